The second kappa shape index (κ2) is 9.62. The number of carbonyl (C=O) groups excluding carboxylic acids is 1. The fraction of sp³-hybridized carbons (Fsp3) is 0.261. The van der Waals surface area contributed by atoms with Crippen molar-refractivity contribution in [2.24, 2.45) is 0 Å². The fourth-order valence-corrected chi connectivity index (χ4v) is 2.96. The van der Waals surface area contributed by atoms with Crippen LogP contribution in [0.25, 0.3) is 10.8 Å². The average Bonchev–Trinajstić information content (AvgIpc) is 2.71. The molecule has 0 aliphatic heterocycles. The first-order valence-corrected chi connectivity index (χ1v) is 9.35. The van der Waals surface area contributed by atoms with Crippen molar-refractivity contribution in [1.82, 2.24) is 5.32 Å². The molecule has 4 heteroatoms. The Hall–Kier alpha value is -3.01. The van der Waals surface area contributed by atoms with Crippen LogP contribution in [-0.2, 0) is 11.2 Å². The number of rotatable bonds is 9. The molecule has 0 aromatic heterocycles. The van der Waals surface area contributed by atoms with Gasteiger partial charge in [-0.25, -0.2) is 0 Å². The van der Waals surface area contributed by atoms with E-state index in [4.69, 9.17) is 9.47 Å². The number of hydrogen-bond acceptors (Lipinski definition) is 3. The Labute approximate surface area is 160 Å². The molecule has 3 rings (SSSR count). The number of aryl methyl sites for hydroxylation is 1. The van der Waals surface area contributed by atoms with Gasteiger partial charge in [-0.1, -0.05) is 48.5 Å². The van der Waals surface area contributed by atoms with Gasteiger partial charge in [0, 0.05) is 11.9 Å². The number of benzene rings is 3. The molecule has 0 saturated carbocycles. The van der Waals surface area contributed by atoms with E-state index in [-0.39, 0.29) is 12.5 Å². The van der Waals surface area contributed by atoms with Crippen LogP contribution in [0.1, 0.15) is 18.9 Å². The van der Waals surface area contributed by atoms with Gasteiger partial charge >= 0.3 is 0 Å². The van der Waals surface area contributed by atoms with E-state index in [1.54, 1.807) is 0 Å². The van der Waals surface area contributed by atoms with E-state index in [0.29, 0.717) is 13.2 Å². The maximum atomic E-state index is 12.0. The lowest BCUT2D eigenvalue weighted by atomic mass is 10.1. The summed E-state index contributed by atoms with van der Waals surface area (Å²) >= 11 is 0. The zero-order chi connectivity index (χ0) is 18.9. The van der Waals surface area contributed by atoms with Gasteiger partial charge in [-0.05, 0) is 48.9 Å². The van der Waals surface area contributed by atoms with Crippen molar-refractivity contribution >= 4 is 16.7 Å². The van der Waals surface area contributed by atoms with E-state index in [2.05, 4.69) is 17.4 Å². The minimum absolute atomic E-state index is 0.0249. The van der Waals surface area contributed by atoms with Gasteiger partial charge in [0.1, 0.15) is 11.5 Å². The Balaban J connectivity index is 1.39. The molecule has 140 valence electrons. The molecule has 27 heavy (non-hydrogen) atoms. The third kappa shape index (κ3) is 5.48. The summed E-state index contributed by atoms with van der Waals surface area (Å²) in [5, 5.41) is 5.03. The molecule has 0 aliphatic carbocycles. The van der Waals surface area contributed by atoms with Gasteiger partial charge in [0.15, 0.2) is 6.61 Å². The highest BCUT2D eigenvalue weighted by molar-refractivity contribution is 5.88. The van der Waals surface area contributed by atoms with Gasteiger partial charge in [-0.15, -0.1) is 0 Å². The molecule has 4 nitrogen and oxygen atoms in total. The van der Waals surface area contributed by atoms with Crippen LogP contribution in [0.5, 0.6) is 11.5 Å². The van der Waals surface area contributed by atoms with Crippen molar-refractivity contribution < 1.29 is 14.3 Å². The molecule has 3 aromatic carbocycles. The first-order valence-electron chi connectivity index (χ1n) is 9.35. The molecular formula is C23H25NO3. The molecular weight excluding hydrogens is 338 g/mol. The van der Waals surface area contributed by atoms with Crippen molar-refractivity contribution in [2.45, 2.75) is 19.8 Å². The molecule has 0 heterocycles. The fourth-order valence-electron chi connectivity index (χ4n) is 2.96. The number of hydrogen-bond donors (Lipinski definition) is 1. The van der Waals surface area contributed by atoms with Gasteiger partial charge < -0.3 is 14.8 Å². The SMILES string of the molecule is CCOc1ccc(CCCNC(=O)COc2cccc3ccccc23)cc1. The summed E-state index contributed by atoms with van der Waals surface area (Å²) in [6, 6.07) is 21.9. The van der Waals surface area contributed by atoms with Crippen molar-refractivity contribution in [3.63, 3.8) is 0 Å². The largest absolute Gasteiger partial charge is 0.494 e. The number of fused-ring (bicyclic) bond motifs is 1. The molecule has 0 fully saturated rings. The number of ether oxygens (including phenoxy) is 2. The maximum Gasteiger partial charge on any atom is 0.257 e. The van der Waals surface area contributed by atoms with Crippen molar-refractivity contribution in [1.29, 1.82) is 0 Å². The van der Waals surface area contributed by atoms with E-state index in [1.165, 1.54) is 5.56 Å². The molecule has 0 atom stereocenters. The molecule has 1 amide bonds. The highest BCUT2D eigenvalue weighted by atomic mass is 16.5. The third-order valence-corrected chi connectivity index (χ3v) is 4.31. The zero-order valence-electron chi connectivity index (χ0n) is 15.6. The van der Waals surface area contributed by atoms with Gasteiger partial charge in [0.25, 0.3) is 5.91 Å². The van der Waals surface area contributed by atoms with Gasteiger partial charge in [-0.2, -0.15) is 0 Å². The van der Waals surface area contributed by atoms with Gasteiger partial charge in [0.05, 0.1) is 6.61 Å². The molecule has 0 saturated heterocycles. The quantitative estimate of drug-likeness (QED) is 0.575. The second-order valence-electron chi connectivity index (χ2n) is 6.30. The minimum Gasteiger partial charge on any atom is -0.494 e. The summed E-state index contributed by atoms with van der Waals surface area (Å²) in [6.07, 6.45) is 1.80. The van der Waals surface area contributed by atoms with Gasteiger partial charge in [-0.3, -0.25) is 4.79 Å². The van der Waals surface area contributed by atoms with E-state index in [0.717, 1.165) is 35.1 Å². The molecule has 0 spiro atoms. The normalized spacial score (nSPS) is 10.6. The van der Waals surface area contributed by atoms with Crippen LogP contribution in [-0.4, -0.2) is 25.7 Å². The predicted molar refractivity (Wildman–Crippen MR) is 108 cm³/mol. The Morgan fingerprint density at radius 3 is 2.52 bits per heavy atom. The van der Waals surface area contributed by atoms with Crippen LogP contribution < -0.4 is 14.8 Å². The lowest BCUT2D eigenvalue weighted by molar-refractivity contribution is -0.123. The monoisotopic (exact) mass is 363 g/mol. The average molecular weight is 363 g/mol. The summed E-state index contributed by atoms with van der Waals surface area (Å²) in [5.74, 6) is 1.52. The Morgan fingerprint density at radius 2 is 1.70 bits per heavy atom. The van der Waals surface area contributed by atoms with Gasteiger partial charge in [0.2, 0.25) is 0 Å². The minimum atomic E-state index is -0.102. The van der Waals surface area contributed by atoms with E-state index < -0.39 is 0 Å². The lowest BCUT2D eigenvalue weighted by Gasteiger charge is -2.10. The summed E-state index contributed by atoms with van der Waals surface area (Å²) in [6.45, 7) is 3.30. The van der Waals surface area contributed by atoms with E-state index >= 15 is 0 Å². The van der Waals surface area contributed by atoms with Crippen molar-refractivity contribution in [2.75, 3.05) is 19.8 Å². The number of amides is 1. The van der Waals surface area contributed by atoms with E-state index in [9.17, 15) is 4.79 Å². The molecule has 0 unspecified atom stereocenters. The van der Waals surface area contributed by atoms with Crippen LogP contribution in [0.15, 0.2) is 66.7 Å². The van der Waals surface area contributed by atoms with Crippen LogP contribution in [0.4, 0.5) is 0 Å². The zero-order valence-corrected chi connectivity index (χ0v) is 15.6. The highest BCUT2D eigenvalue weighted by Gasteiger charge is 2.05. The standard InChI is InChI=1S/C23H25NO3/c1-2-26-20-14-12-18(13-15-20)7-6-16-24-23(25)17-27-22-11-5-9-19-8-3-4-10-21(19)22/h3-5,8-15H,2,6-7,16-17H2,1H3,(H,24,25). The number of carbonyl (C=O) groups is 1. The molecule has 3 aromatic rings. The Bertz CT molecular complexity index is 869. The van der Waals surface area contributed by atoms with Crippen LogP contribution in [0, 0.1) is 0 Å². The van der Waals surface area contributed by atoms with Crippen LogP contribution in [0.2, 0.25) is 0 Å². The van der Waals surface area contributed by atoms with Crippen LogP contribution in [0.3, 0.4) is 0 Å². The summed E-state index contributed by atoms with van der Waals surface area (Å²) in [4.78, 5) is 12.0. The van der Waals surface area contributed by atoms with Crippen molar-refractivity contribution in [3.05, 3.63) is 72.3 Å². The number of nitrogens with one attached hydrogen (secondary N) is 1. The summed E-state index contributed by atoms with van der Waals surface area (Å²) in [5.41, 5.74) is 1.24. The van der Waals surface area contributed by atoms with Crippen molar-refractivity contribution in [3.8, 4) is 11.5 Å². The molecule has 0 radical (unpaired) electrons. The highest BCUT2D eigenvalue weighted by Crippen LogP contribution is 2.24. The molecule has 0 aliphatic rings. The second-order valence-corrected chi connectivity index (χ2v) is 6.30. The summed E-state index contributed by atoms with van der Waals surface area (Å²) < 4.78 is 11.1. The Kier molecular flexibility index (Phi) is 6.69. The lowest BCUT2D eigenvalue weighted by Crippen LogP contribution is -2.29. The summed E-state index contributed by atoms with van der Waals surface area (Å²) in [7, 11) is 0. The topological polar surface area (TPSA) is 47.6 Å². The third-order valence-electron chi connectivity index (χ3n) is 4.31. The first-order chi connectivity index (χ1) is 13.3. The molecule has 1 N–H and O–H groups in total. The predicted octanol–water partition coefficient (Wildman–Crippen LogP) is 4.37. The first kappa shape index (κ1) is 18.8. The maximum absolute atomic E-state index is 12.0. The Morgan fingerprint density at radius 1 is 0.926 bits per heavy atom. The smallest absolute Gasteiger partial charge is 0.257 e. The van der Waals surface area contributed by atoms with E-state index in [1.807, 2.05) is 61.5 Å². The molecule has 0 bridgehead atoms. The van der Waals surface area contributed by atoms with Crippen LogP contribution >= 0.6 is 0 Å².